The molecule has 9 heteroatoms. The van der Waals surface area contributed by atoms with Crippen LogP contribution in [0.4, 0.5) is 0 Å². The first-order chi connectivity index (χ1) is 10.7. The Balaban J connectivity index is 2.75. The normalized spacial score (nSPS) is 12.3. The fraction of sp³-hybridized carbons (Fsp3) is 0.357. The zero-order chi connectivity index (χ0) is 17.6. The van der Waals surface area contributed by atoms with Gasteiger partial charge in [0, 0.05) is 12.6 Å². The van der Waals surface area contributed by atoms with E-state index in [0.29, 0.717) is 5.56 Å². The van der Waals surface area contributed by atoms with Gasteiger partial charge in [-0.15, -0.1) is 0 Å². The number of ketones is 1. The molecule has 0 unspecified atom stereocenters. The Hall–Kier alpha value is -2.26. The number of carbonyl (C=O) groups excluding carboxylic acids is 3. The van der Waals surface area contributed by atoms with E-state index in [-0.39, 0.29) is 10.7 Å². The SMILES string of the molecule is CNC(=O)COC(=O)[C@H](C)NS(=O)(=O)c1ccc(C(C)=O)cc1. The third-order valence-electron chi connectivity index (χ3n) is 2.88. The van der Waals surface area contributed by atoms with Crippen LogP contribution in [0.5, 0.6) is 0 Å². The van der Waals surface area contributed by atoms with Gasteiger partial charge >= 0.3 is 5.97 Å². The maximum atomic E-state index is 12.1. The summed E-state index contributed by atoms with van der Waals surface area (Å²) in [6, 6.07) is 4.12. The lowest BCUT2D eigenvalue weighted by atomic mass is 10.2. The van der Waals surface area contributed by atoms with Crippen molar-refractivity contribution in [3.63, 3.8) is 0 Å². The van der Waals surface area contributed by atoms with Crippen LogP contribution in [0.3, 0.4) is 0 Å². The van der Waals surface area contributed by atoms with E-state index >= 15 is 0 Å². The number of amides is 1. The van der Waals surface area contributed by atoms with Gasteiger partial charge in [0.1, 0.15) is 6.04 Å². The number of Topliss-reactive ketones (excluding diaryl/α,β-unsaturated/α-hetero) is 1. The minimum atomic E-state index is -3.95. The fourth-order valence-electron chi connectivity index (χ4n) is 1.55. The van der Waals surface area contributed by atoms with Crippen molar-refractivity contribution in [1.82, 2.24) is 10.0 Å². The van der Waals surface area contributed by atoms with Gasteiger partial charge in [0.25, 0.3) is 5.91 Å². The fourth-order valence-corrected chi connectivity index (χ4v) is 2.74. The zero-order valence-corrected chi connectivity index (χ0v) is 13.8. The van der Waals surface area contributed by atoms with E-state index in [1.54, 1.807) is 0 Å². The molecular formula is C14H18N2O6S. The van der Waals surface area contributed by atoms with Crippen LogP contribution in [0.2, 0.25) is 0 Å². The van der Waals surface area contributed by atoms with Crippen molar-refractivity contribution in [3.8, 4) is 0 Å². The molecule has 23 heavy (non-hydrogen) atoms. The molecule has 0 saturated heterocycles. The van der Waals surface area contributed by atoms with Crippen LogP contribution in [0.25, 0.3) is 0 Å². The Kier molecular flexibility index (Phi) is 6.40. The molecule has 0 bridgehead atoms. The molecule has 0 fully saturated rings. The van der Waals surface area contributed by atoms with Gasteiger partial charge in [0.15, 0.2) is 12.4 Å². The molecule has 0 aliphatic heterocycles. The van der Waals surface area contributed by atoms with Crippen molar-refractivity contribution in [3.05, 3.63) is 29.8 Å². The highest BCUT2D eigenvalue weighted by atomic mass is 32.2. The van der Waals surface area contributed by atoms with Gasteiger partial charge in [-0.1, -0.05) is 12.1 Å². The minimum Gasteiger partial charge on any atom is -0.454 e. The molecule has 1 atom stereocenters. The van der Waals surface area contributed by atoms with Crippen LogP contribution in [-0.4, -0.2) is 45.8 Å². The summed E-state index contributed by atoms with van der Waals surface area (Å²) < 4.78 is 31.1. The summed E-state index contributed by atoms with van der Waals surface area (Å²) in [5.41, 5.74) is 0.377. The number of hydrogen-bond acceptors (Lipinski definition) is 6. The first kappa shape index (κ1) is 18.8. The molecule has 0 aliphatic carbocycles. The molecule has 1 rings (SSSR count). The Bertz CT molecular complexity index is 696. The van der Waals surface area contributed by atoms with E-state index in [1.165, 1.54) is 45.2 Å². The number of likely N-dealkylation sites (N-methyl/N-ethyl adjacent to an activating group) is 1. The van der Waals surface area contributed by atoms with Gasteiger partial charge in [0.05, 0.1) is 4.90 Å². The van der Waals surface area contributed by atoms with Crippen LogP contribution in [0.1, 0.15) is 24.2 Å². The zero-order valence-electron chi connectivity index (χ0n) is 13.0. The maximum Gasteiger partial charge on any atom is 0.324 e. The minimum absolute atomic E-state index is 0.0894. The number of hydrogen-bond donors (Lipinski definition) is 2. The summed E-state index contributed by atoms with van der Waals surface area (Å²) in [7, 11) is -2.57. The first-order valence-corrected chi connectivity index (χ1v) is 8.16. The molecule has 0 spiro atoms. The summed E-state index contributed by atoms with van der Waals surface area (Å²) in [5, 5.41) is 2.27. The Labute approximate surface area is 134 Å². The van der Waals surface area contributed by atoms with Gasteiger partial charge in [0.2, 0.25) is 10.0 Å². The van der Waals surface area contributed by atoms with Gasteiger partial charge in [-0.2, -0.15) is 4.72 Å². The van der Waals surface area contributed by atoms with E-state index in [4.69, 9.17) is 0 Å². The molecule has 0 saturated carbocycles. The second-order valence-corrected chi connectivity index (χ2v) is 6.42. The molecule has 1 amide bonds. The highest BCUT2D eigenvalue weighted by Crippen LogP contribution is 2.11. The molecule has 0 radical (unpaired) electrons. The lowest BCUT2D eigenvalue weighted by molar-refractivity contribution is -0.149. The molecule has 8 nitrogen and oxygen atoms in total. The Morgan fingerprint density at radius 2 is 1.74 bits per heavy atom. The monoisotopic (exact) mass is 342 g/mol. The van der Waals surface area contributed by atoms with E-state index in [0.717, 1.165) is 0 Å². The maximum absolute atomic E-state index is 12.1. The number of ether oxygens (including phenoxy) is 1. The summed E-state index contributed by atoms with van der Waals surface area (Å²) >= 11 is 0. The van der Waals surface area contributed by atoms with Crippen molar-refractivity contribution in [2.45, 2.75) is 24.8 Å². The number of sulfonamides is 1. The molecule has 2 N–H and O–H groups in total. The van der Waals surface area contributed by atoms with Crippen molar-refractivity contribution >= 4 is 27.7 Å². The largest absolute Gasteiger partial charge is 0.454 e. The topological polar surface area (TPSA) is 119 Å². The standard InChI is InChI=1S/C14H18N2O6S/c1-9(14(19)22-8-13(18)15-3)16-23(20,21)12-6-4-11(5-7-12)10(2)17/h4-7,9,16H,8H2,1-3H3,(H,15,18)/t9-/m0/s1. The van der Waals surface area contributed by atoms with Crippen molar-refractivity contribution in [2.24, 2.45) is 0 Å². The third kappa shape index (κ3) is 5.46. The van der Waals surface area contributed by atoms with Crippen LogP contribution < -0.4 is 10.0 Å². The van der Waals surface area contributed by atoms with E-state index in [2.05, 4.69) is 14.8 Å². The predicted octanol–water partition coefficient (Wildman–Crippen LogP) is -0.155. The number of rotatable bonds is 7. The molecule has 1 aromatic carbocycles. The highest BCUT2D eigenvalue weighted by Gasteiger charge is 2.23. The van der Waals surface area contributed by atoms with E-state index in [9.17, 15) is 22.8 Å². The number of nitrogens with one attached hydrogen (secondary N) is 2. The smallest absolute Gasteiger partial charge is 0.324 e. The van der Waals surface area contributed by atoms with Crippen LogP contribution in [0, 0.1) is 0 Å². The van der Waals surface area contributed by atoms with Crippen LogP contribution in [-0.2, 0) is 24.3 Å². The van der Waals surface area contributed by atoms with Gasteiger partial charge in [-0.3, -0.25) is 14.4 Å². The Morgan fingerprint density at radius 3 is 2.22 bits per heavy atom. The van der Waals surface area contributed by atoms with E-state index < -0.39 is 34.5 Å². The molecule has 0 aliphatic rings. The lowest BCUT2D eigenvalue weighted by Crippen LogP contribution is -2.40. The second kappa shape index (κ2) is 7.84. The molecule has 1 aromatic rings. The van der Waals surface area contributed by atoms with Gasteiger partial charge < -0.3 is 10.1 Å². The van der Waals surface area contributed by atoms with Gasteiger partial charge in [-0.25, -0.2) is 8.42 Å². The number of esters is 1. The average Bonchev–Trinajstić information content (AvgIpc) is 2.51. The molecule has 126 valence electrons. The third-order valence-corrected chi connectivity index (χ3v) is 4.44. The van der Waals surface area contributed by atoms with E-state index in [1.807, 2.05) is 0 Å². The predicted molar refractivity (Wildman–Crippen MR) is 81.3 cm³/mol. The number of carbonyl (C=O) groups is 3. The Morgan fingerprint density at radius 1 is 1.17 bits per heavy atom. The van der Waals surface area contributed by atoms with Crippen molar-refractivity contribution < 1.29 is 27.5 Å². The first-order valence-electron chi connectivity index (χ1n) is 6.68. The highest BCUT2D eigenvalue weighted by molar-refractivity contribution is 7.89. The average molecular weight is 342 g/mol. The molecule has 0 aromatic heterocycles. The van der Waals surface area contributed by atoms with Crippen molar-refractivity contribution in [1.29, 1.82) is 0 Å². The second-order valence-electron chi connectivity index (χ2n) is 4.70. The van der Waals surface area contributed by atoms with Crippen LogP contribution >= 0.6 is 0 Å². The quantitative estimate of drug-likeness (QED) is 0.525. The van der Waals surface area contributed by atoms with Crippen molar-refractivity contribution in [2.75, 3.05) is 13.7 Å². The lowest BCUT2D eigenvalue weighted by Gasteiger charge is -2.13. The summed E-state index contributed by atoms with van der Waals surface area (Å²) in [6.45, 7) is 2.18. The summed E-state index contributed by atoms with van der Waals surface area (Å²) in [6.07, 6.45) is 0. The summed E-state index contributed by atoms with van der Waals surface area (Å²) in [5.74, 6) is -1.57. The van der Waals surface area contributed by atoms with Crippen LogP contribution in [0.15, 0.2) is 29.2 Å². The molecular weight excluding hydrogens is 324 g/mol. The summed E-state index contributed by atoms with van der Waals surface area (Å²) in [4.78, 5) is 33.7. The number of benzene rings is 1. The molecule has 0 heterocycles. The van der Waals surface area contributed by atoms with Gasteiger partial charge in [-0.05, 0) is 26.0 Å².